The Hall–Kier alpha value is -3.83. The number of nitrogens with one attached hydrogen (secondary N) is 1. The summed E-state index contributed by atoms with van der Waals surface area (Å²) in [7, 11) is 0. The second-order valence-electron chi connectivity index (χ2n) is 11.7. The van der Waals surface area contributed by atoms with Crippen molar-refractivity contribution in [2.45, 2.75) is 70.7 Å². The first-order valence-electron chi connectivity index (χ1n) is 13.9. The normalized spacial score (nSPS) is 19.8. The van der Waals surface area contributed by atoms with Crippen molar-refractivity contribution in [2.75, 3.05) is 19.6 Å². The van der Waals surface area contributed by atoms with Crippen LogP contribution in [0, 0.1) is 11.6 Å². The summed E-state index contributed by atoms with van der Waals surface area (Å²) >= 11 is 0. The Bertz CT molecular complexity index is 1450. The van der Waals surface area contributed by atoms with Gasteiger partial charge in [0.1, 0.15) is 11.2 Å². The molecule has 42 heavy (non-hydrogen) atoms. The molecule has 1 aliphatic heterocycles. The van der Waals surface area contributed by atoms with Gasteiger partial charge in [-0.25, -0.2) is 13.6 Å². The molecule has 1 aliphatic rings. The van der Waals surface area contributed by atoms with Crippen molar-refractivity contribution in [3.63, 3.8) is 0 Å². The number of hydrogen-bond donors (Lipinski definition) is 3. The van der Waals surface area contributed by atoms with Crippen LogP contribution in [0.3, 0.4) is 0 Å². The van der Waals surface area contributed by atoms with E-state index < -0.39 is 41.0 Å². The number of rotatable bonds is 7. The maximum absolute atomic E-state index is 14.4. The van der Waals surface area contributed by atoms with Gasteiger partial charge in [-0.05, 0) is 63.8 Å². The van der Waals surface area contributed by atoms with Crippen molar-refractivity contribution in [2.24, 2.45) is 0 Å². The van der Waals surface area contributed by atoms with E-state index in [0.717, 1.165) is 17.7 Å². The summed E-state index contributed by atoms with van der Waals surface area (Å²) in [5.41, 5.74) is -0.536. The molecule has 2 heterocycles. The van der Waals surface area contributed by atoms with E-state index in [2.05, 4.69) is 10.5 Å². The molecule has 3 aromatic rings. The van der Waals surface area contributed by atoms with Crippen molar-refractivity contribution < 1.29 is 37.8 Å². The summed E-state index contributed by atoms with van der Waals surface area (Å²) in [6.07, 6.45) is -1.29. The van der Waals surface area contributed by atoms with Gasteiger partial charge < -0.3 is 29.7 Å². The molecule has 0 aliphatic carbocycles. The molecule has 1 unspecified atom stereocenters. The number of amides is 2. The van der Waals surface area contributed by atoms with Gasteiger partial charge in [0.05, 0.1) is 23.3 Å². The zero-order valence-corrected chi connectivity index (χ0v) is 24.4. The highest BCUT2D eigenvalue weighted by Gasteiger charge is 2.49. The molecule has 0 spiro atoms. The molecule has 1 saturated heterocycles. The Balaban J connectivity index is 1.82. The van der Waals surface area contributed by atoms with Crippen LogP contribution in [-0.4, -0.2) is 57.5 Å². The van der Waals surface area contributed by atoms with E-state index in [1.165, 1.54) is 24.8 Å². The van der Waals surface area contributed by atoms with Crippen LogP contribution in [0.4, 0.5) is 13.6 Å². The molecule has 226 valence electrons. The van der Waals surface area contributed by atoms with Gasteiger partial charge in [-0.3, -0.25) is 4.79 Å². The Morgan fingerprint density at radius 3 is 2.57 bits per heavy atom. The van der Waals surface area contributed by atoms with Crippen LogP contribution < -0.4 is 5.32 Å². The molecule has 0 saturated carbocycles. The zero-order chi connectivity index (χ0) is 30.8. The molecule has 0 radical (unpaired) electrons. The van der Waals surface area contributed by atoms with E-state index in [1.54, 1.807) is 32.9 Å². The molecular formula is C31H37F2N3O6. The van der Waals surface area contributed by atoms with E-state index >= 15 is 0 Å². The lowest BCUT2D eigenvalue weighted by atomic mass is 9.73. The van der Waals surface area contributed by atoms with Gasteiger partial charge in [-0.1, -0.05) is 35.5 Å². The number of benzene rings is 2. The van der Waals surface area contributed by atoms with Crippen molar-refractivity contribution in [3.05, 3.63) is 76.5 Å². The standard InChI is InChI=1S/C31H37F2N3O6/c1-18(37)26-27(35-42-28(26)22-9-7-6-8-20(22)12-14-34-19(2)38)23-17-36(29(39)41-30(3,4)5)15-13-31(23,40)21-10-11-24(32)25(33)16-21/h6-11,16,18,23,37,40H,12-15,17H2,1-5H3,(H,34,38)/t18?,23-,31+/m1/s1. The average molecular weight is 586 g/mol. The van der Waals surface area contributed by atoms with E-state index in [0.29, 0.717) is 24.1 Å². The number of aromatic nitrogens is 1. The number of carbonyl (C=O) groups is 2. The minimum atomic E-state index is -1.80. The van der Waals surface area contributed by atoms with Gasteiger partial charge in [0.15, 0.2) is 17.4 Å². The second kappa shape index (κ2) is 12.2. The van der Waals surface area contributed by atoms with Crippen LogP contribution in [-0.2, 0) is 21.6 Å². The molecule has 0 bridgehead atoms. The van der Waals surface area contributed by atoms with Gasteiger partial charge in [0, 0.05) is 32.1 Å². The SMILES string of the molecule is CC(=O)NCCc1ccccc1-c1onc([C@H]2CN(C(=O)OC(C)(C)C)CC[C@]2(O)c2ccc(F)c(F)c2)c1C(C)O. The van der Waals surface area contributed by atoms with E-state index in [4.69, 9.17) is 9.26 Å². The van der Waals surface area contributed by atoms with Crippen LogP contribution >= 0.6 is 0 Å². The minimum absolute atomic E-state index is 0.0449. The first-order valence-corrected chi connectivity index (χ1v) is 13.9. The van der Waals surface area contributed by atoms with E-state index in [-0.39, 0.29) is 42.4 Å². The van der Waals surface area contributed by atoms with Crippen LogP contribution in [0.25, 0.3) is 11.3 Å². The van der Waals surface area contributed by atoms with Gasteiger partial charge in [0.25, 0.3) is 0 Å². The number of piperidine rings is 1. The summed E-state index contributed by atoms with van der Waals surface area (Å²) in [6, 6.07) is 10.5. The highest BCUT2D eigenvalue weighted by atomic mass is 19.2. The highest BCUT2D eigenvalue weighted by molar-refractivity contribution is 5.73. The lowest BCUT2D eigenvalue weighted by Gasteiger charge is -2.44. The van der Waals surface area contributed by atoms with Crippen molar-refractivity contribution in [1.82, 2.24) is 15.4 Å². The molecular weight excluding hydrogens is 548 g/mol. The topological polar surface area (TPSA) is 125 Å². The predicted octanol–water partition coefficient (Wildman–Crippen LogP) is 4.96. The molecule has 3 atom stereocenters. The average Bonchev–Trinajstić information content (AvgIpc) is 3.34. The van der Waals surface area contributed by atoms with E-state index in [9.17, 15) is 28.6 Å². The fraction of sp³-hybridized carbons (Fsp3) is 0.452. The predicted molar refractivity (Wildman–Crippen MR) is 150 cm³/mol. The molecule has 2 aromatic carbocycles. The Kier molecular flexibility index (Phi) is 9.03. The van der Waals surface area contributed by atoms with Crippen molar-refractivity contribution in [1.29, 1.82) is 0 Å². The number of hydrogen-bond acceptors (Lipinski definition) is 7. The maximum Gasteiger partial charge on any atom is 0.410 e. The summed E-state index contributed by atoms with van der Waals surface area (Å²) < 4.78 is 39.6. The third-order valence-corrected chi connectivity index (χ3v) is 7.35. The van der Waals surface area contributed by atoms with Crippen LogP contribution in [0.15, 0.2) is 47.0 Å². The Labute approximate surface area is 243 Å². The first kappa shape index (κ1) is 31.1. The van der Waals surface area contributed by atoms with Crippen molar-refractivity contribution in [3.8, 4) is 11.3 Å². The lowest BCUT2D eigenvalue weighted by molar-refractivity contribution is -0.118. The third kappa shape index (κ3) is 6.63. The molecule has 1 fully saturated rings. The Morgan fingerprint density at radius 1 is 1.21 bits per heavy atom. The molecule has 9 nitrogen and oxygen atoms in total. The van der Waals surface area contributed by atoms with Crippen LogP contribution in [0.5, 0.6) is 0 Å². The summed E-state index contributed by atoms with van der Waals surface area (Å²) in [5, 5.41) is 30.2. The number of nitrogens with zero attached hydrogens (tertiary/aromatic N) is 2. The largest absolute Gasteiger partial charge is 0.444 e. The van der Waals surface area contributed by atoms with Crippen molar-refractivity contribution >= 4 is 12.0 Å². The fourth-order valence-corrected chi connectivity index (χ4v) is 5.35. The second-order valence-corrected chi connectivity index (χ2v) is 11.7. The molecule has 4 rings (SSSR count). The monoisotopic (exact) mass is 585 g/mol. The summed E-state index contributed by atoms with van der Waals surface area (Å²) in [4.78, 5) is 25.9. The fourth-order valence-electron chi connectivity index (χ4n) is 5.35. The number of halogens is 2. The number of aliphatic hydroxyl groups is 2. The number of carbonyl (C=O) groups excluding carboxylic acids is 2. The van der Waals surface area contributed by atoms with Crippen LogP contribution in [0.1, 0.15) is 75.4 Å². The minimum Gasteiger partial charge on any atom is -0.444 e. The Morgan fingerprint density at radius 2 is 1.93 bits per heavy atom. The number of ether oxygens (including phenoxy) is 1. The smallest absolute Gasteiger partial charge is 0.410 e. The quantitative estimate of drug-likeness (QED) is 0.358. The molecule has 3 N–H and O–H groups in total. The highest BCUT2D eigenvalue weighted by Crippen LogP contribution is 2.47. The van der Waals surface area contributed by atoms with E-state index in [1.807, 2.05) is 12.1 Å². The lowest BCUT2D eigenvalue weighted by Crippen LogP contribution is -2.52. The summed E-state index contributed by atoms with van der Waals surface area (Å²) in [6.45, 7) is 8.53. The molecule has 1 aromatic heterocycles. The summed E-state index contributed by atoms with van der Waals surface area (Å²) in [5.74, 6) is -3.09. The number of likely N-dealkylation sites (tertiary alicyclic amines) is 1. The van der Waals surface area contributed by atoms with Gasteiger partial charge in [-0.2, -0.15) is 0 Å². The van der Waals surface area contributed by atoms with Gasteiger partial charge >= 0.3 is 6.09 Å². The molecule has 2 amide bonds. The van der Waals surface area contributed by atoms with Gasteiger partial charge in [-0.15, -0.1) is 0 Å². The van der Waals surface area contributed by atoms with Crippen LogP contribution in [0.2, 0.25) is 0 Å². The maximum atomic E-state index is 14.4. The van der Waals surface area contributed by atoms with Gasteiger partial charge in [0.2, 0.25) is 5.91 Å². The molecule has 11 heteroatoms. The third-order valence-electron chi connectivity index (χ3n) is 7.35. The zero-order valence-electron chi connectivity index (χ0n) is 24.4. The first-order chi connectivity index (χ1) is 19.7. The number of aliphatic hydroxyl groups excluding tert-OH is 1.